The number of carbonyl (C=O) groups excluding carboxylic acids is 2. The molecule has 108 valence electrons. The predicted octanol–water partition coefficient (Wildman–Crippen LogP) is -1.28. The molecule has 0 saturated carbocycles. The SMILES string of the molecule is NC(=O)[C@@H]1CC(F)(F)[C@@H]2CN1C(=O)N2OS(=O)(=O)O. The number of nitrogens with zero attached hydrogens (tertiary/aromatic N) is 2. The molecule has 0 unspecified atom stereocenters. The van der Waals surface area contributed by atoms with Crippen molar-refractivity contribution in [2.24, 2.45) is 5.73 Å². The first-order valence-electron chi connectivity index (χ1n) is 4.97. The number of amides is 3. The standard InChI is InChI=1S/C7H9F2N3O6S/c8-7(9)1-3(5(10)13)11-2-4(7)12(6(11)14)18-19(15,16)17/h3-4H,1-2H2,(H2,10,13)(H,15,16,17)/t3-,4-/m0/s1. The second-order valence-corrected chi connectivity index (χ2v) is 5.17. The summed E-state index contributed by atoms with van der Waals surface area (Å²) in [6.07, 6.45) is -1.04. The van der Waals surface area contributed by atoms with Crippen molar-refractivity contribution in [2.45, 2.75) is 24.4 Å². The van der Waals surface area contributed by atoms with Gasteiger partial charge in [0.1, 0.15) is 12.1 Å². The first-order chi connectivity index (χ1) is 8.53. The lowest BCUT2D eigenvalue weighted by molar-refractivity contribution is -0.152. The van der Waals surface area contributed by atoms with E-state index in [4.69, 9.17) is 10.3 Å². The van der Waals surface area contributed by atoms with Crippen LogP contribution in [-0.4, -0.2) is 59.4 Å². The van der Waals surface area contributed by atoms with Crippen molar-refractivity contribution in [1.82, 2.24) is 9.96 Å². The van der Waals surface area contributed by atoms with Gasteiger partial charge in [-0.1, -0.05) is 0 Å². The second kappa shape index (κ2) is 3.98. The van der Waals surface area contributed by atoms with Crippen LogP contribution in [0.3, 0.4) is 0 Å². The van der Waals surface area contributed by atoms with Gasteiger partial charge in [0.2, 0.25) is 5.91 Å². The number of alkyl halides is 2. The molecule has 0 radical (unpaired) electrons. The normalized spacial score (nSPS) is 29.7. The summed E-state index contributed by atoms with van der Waals surface area (Å²) in [7, 11) is -5.14. The van der Waals surface area contributed by atoms with Gasteiger partial charge in [-0.25, -0.2) is 13.6 Å². The van der Waals surface area contributed by atoms with Crippen LogP contribution in [0.1, 0.15) is 6.42 Å². The fourth-order valence-corrected chi connectivity index (χ4v) is 2.48. The van der Waals surface area contributed by atoms with Crippen molar-refractivity contribution in [3.8, 4) is 0 Å². The minimum Gasteiger partial charge on any atom is -0.368 e. The Kier molecular flexibility index (Phi) is 2.91. The van der Waals surface area contributed by atoms with Crippen molar-refractivity contribution >= 4 is 22.3 Å². The third-order valence-corrected chi connectivity index (χ3v) is 3.27. The highest BCUT2D eigenvalue weighted by Gasteiger charge is 2.61. The van der Waals surface area contributed by atoms with Gasteiger partial charge >= 0.3 is 16.4 Å². The monoisotopic (exact) mass is 301 g/mol. The van der Waals surface area contributed by atoms with E-state index in [0.29, 0.717) is 4.90 Å². The molecular formula is C7H9F2N3O6S. The zero-order valence-corrected chi connectivity index (χ0v) is 10.0. The number of hydrogen-bond donors (Lipinski definition) is 2. The summed E-state index contributed by atoms with van der Waals surface area (Å²) in [6, 6.07) is -4.75. The van der Waals surface area contributed by atoms with Gasteiger partial charge in [0, 0.05) is 6.42 Å². The highest BCUT2D eigenvalue weighted by molar-refractivity contribution is 7.80. The minimum atomic E-state index is -5.14. The molecule has 2 heterocycles. The van der Waals surface area contributed by atoms with Crippen LogP contribution in [0, 0.1) is 0 Å². The number of fused-ring (bicyclic) bond motifs is 2. The van der Waals surface area contributed by atoms with Crippen molar-refractivity contribution < 1.29 is 35.6 Å². The van der Waals surface area contributed by atoms with Crippen molar-refractivity contribution in [1.29, 1.82) is 0 Å². The van der Waals surface area contributed by atoms with E-state index in [1.807, 2.05) is 0 Å². The third-order valence-electron chi connectivity index (χ3n) is 2.92. The molecule has 2 bridgehead atoms. The molecule has 0 spiro atoms. The van der Waals surface area contributed by atoms with E-state index in [-0.39, 0.29) is 5.06 Å². The van der Waals surface area contributed by atoms with Crippen molar-refractivity contribution in [2.75, 3.05) is 6.54 Å². The molecule has 3 amide bonds. The molecule has 0 aromatic rings. The van der Waals surface area contributed by atoms with Crippen LogP contribution in [0.5, 0.6) is 0 Å². The number of hydroxylamine groups is 2. The Balaban J connectivity index is 2.36. The van der Waals surface area contributed by atoms with Crippen LogP contribution >= 0.6 is 0 Å². The summed E-state index contributed by atoms with van der Waals surface area (Å²) in [6.45, 7) is -0.630. The van der Waals surface area contributed by atoms with Crippen LogP contribution in [-0.2, 0) is 19.5 Å². The molecule has 3 N–H and O–H groups in total. The van der Waals surface area contributed by atoms with E-state index in [9.17, 15) is 26.8 Å². The number of halogens is 2. The second-order valence-electron chi connectivity index (χ2n) is 4.16. The molecule has 2 aliphatic heterocycles. The van der Waals surface area contributed by atoms with E-state index in [1.54, 1.807) is 0 Å². The van der Waals surface area contributed by atoms with E-state index >= 15 is 0 Å². The summed E-state index contributed by atoms with van der Waals surface area (Å²) in [5.41, 5.74) is 4.91. The maximum Gasteiger partial charge on any atom is 0.418 e. The Morgan fingerprint density at radius 1 is 1.53 bits per heavy atom. The molecule has 0 aromatic carbocycles. The predicted molar refractivity (Wildman–Crippen MR) is 52.9 cm³/mol. The summed E-state index contributed by atoms with van der Waals surface area (Å²) in [5.74, 6) is -4.72. The van der Waals surface area contributed by atoms with Crippen molar-refractivity contribution in [3.63, 3.8) is 0 Å². The van der Waals surface area contributed by atoms with Crippen LogP contribution in [0.4, 0.5) is 13.6 Å². The largest absolute Gasteiger partial charge is 0.418 e. The third kappa shape index (κ3) is 2.33. The van der Waals surface area contributed by atoms with Gasteiger partial charge in [0.05, 0.1) is 6.54 Å². The zero-order chi connectivity index (χ0) is 14.6. The van der Waals surface area contributed by atoms with Gasteiger partial charge < -0.3 is 10.6 Å². The van der Waals surface area contributed by atoms with Crippen LogP contribution in [0.2, 0.25) is 0 Å². The first-order valence-corrected chi connectivity index (χ1v) is 6.33. The number of carbonyl (C=O) groups is 2. The molecule has 2 fully saturated rings. The van der Waals surface area contributed by atoms with Crippen LogP contribution in [0.25, 0.3) is 0 Å². The van der Waals surface area contributed by atoms with E-state index in [2.05, 4.69) is 4.28 Å². The van der Waals surface area contributed by atoms with Crippen LogP contribution in [0.15, 0.2) is 0 Å². The smallest absolute Gasteiger partial charge is 0.368 e. The summed E-state index contributed by atoms with van der Waals surface area (Å²) in [4.78, 5) is 23.4. The fourth-order valence-electron chi connectivity index (χ4n) is 2.11. The minimum absolute atomic E-state index is 0.154. The molecule has 0 aliphatic carbocycles. The van der Waals surface area contributed by atoms with Crippen molar-refractivity contribution in [3.05, 3.63) is 0 Å². The van der Waals surface area contributed by atoms with E-state index < -0.39 is 53.3 Å². The van der Waals surface area contributed by atoms with E-state index in [1.165, 1.54) is 0 Å². The average molecular weight is 301 g/mol. The van der Waals surface area contributed by atoms with Crippen LogP contribution < -0.4 is 5.73 Å². The Labute approximate surface area is 105 Å². The molecule has 0 aromatic heterocycles. The average Bonchev–Trinajstić information content (AvgIpc) is 2.48. The lowest BCUT2D eigenvalue weighted by atomic mass is 9.96. The first kappa shape index (κ1) is 13.9. The fraction of sp³-hybridized carbons (Fsp3) is 0.714. The number of nitrogens with two attached hydrogens (primary N) is 1. The Hall–Kier alpha value is -1.53. The quantitative estimate of drug-likeness (QED) is 0.624. The summed E-state index contributed by atoms with van der Waals surface area (Å²) in [5, 5.41) is -0.154. The number of hydrogen-bond acceptors (Lipinski definition) is 5. The molecule has 12 heteroatoms. The maximum absolute atomic E-state index is 13.7. The summed E-state index contributed by atoms with van der Waals surface area (Å²) >= 11 is 0. The topological polar surface area (TPSA) is 130 Å². The Morgan fingerprint density at radius 3 is 2.58 bits per heavy atom. The van der Waals surface area contributed by atoms with Gasteiger partial charge in [-0.2, -0.15) is 13.5 Å². The highest BCUT2D eigenvalue weighted by Crippen LogP contribution is 2.40. The number of urea groups is 1. The molecular weight excluding hydrogens is 292 g/mol. The van der Waals surface area contributed by atoms with Gasteiger partial charge in [-0.05, 0) is 0 Å². The number of piperidine rings is 1. The van der Waals surface area contributed by atoms with Gasteiger partial charge in [-0.3, -0.25) is 9.35 Å². The number of primary amides is 1. The number of rotatable bonds is 3. The lowest BCUT2D eigenvalue weighted by Crippen LogP contribution is -2.55. The highest BCUT2D eigenvalue weighted by atomic mass is 32.3. The van der Waals surface area contributed by atoms with Gasteiger partial charge in [-0.15, -0.1) is 4.28 Å². The summed E-state index contributed by atoms with van der Waals surface area (Å²) < 4.78 is 60.8. The van der Waals surface area contributed by atoms with Gasteiger partial charge in [0.15, 0.2) is 0 Å². The Bertz CT molecular complexity index is 537. The Morgan fingerprint density at radius 2 is 2.11 bits per heavy atom. The maximum atomic E-state index is 13.7. The lowest BCUT2D eigenvalue weighted by Gasteiger charge is -2.34. The molecule has 19 heavy (non-hydrogen) atoms. The zero-order valence-electron chi connectivity index (χ0n) is 9.19. The van der Waals surface area contributed by atoms with Gasteiger partial charge in [0.25, 0.3) is 5.92 Å². The molecule has 2 saturated heterocycles. The molecule has 9 nitrogen and oxygen atoms in total. The molecule has 2 rings (SSSR count). The molecule has 2 aliphatic rings. The van der Waals surface area contributed by atoms with E-state index in [0.717, 1.165) is 0 Å². The molecule has 2 atom stereocenters.